The second-order valence-corrected chi connectivity index (χ2v) is 6.47. The minimum atomic E-state index is -0.121. The van der Waals surface area contributed by atoms with E-state index >= 15 is 0 Å². The highest BCUT2D eigenvalue weighted by Gasteiger charge is 2.46. The van der Waals surface area contributed by atoms with Crippen molar-refractivity contribution in [1.82, 2.24) is 14.9 Å². The van der Waals surface area contributed by atoms with Gasteiger partial charge in [0, 0.05) is 24.5 Å². The Morgan fingerprint density at radius 3 is 2.96 bits per heavy atom. The van der Waals surface area contributed by atoms with Gasteiger partial charge >= 0.3 is 0 Å². The molecule has 1 aliphatic heterocycles. The van der Waals surface area contributed by atoms with Gasteiger partial charge in [-0.05, 0) is 38.0 Å². The number of carbonyl (C=O) groups is 1. The Bertz CT molecular complexity index is 753. The van der Waals surface area contributed by atoms with E-state index in [0.717, 1.165) is 18.5 Å². The Morgan fingerprint density at radius 2 is 2.16 bits per heavy atom. The zero-order valence-electron chi connectivity index (χ0n) is 14.2. The van der Waals surface area contributed by atoms with Gasteiger partial charge in [0.15, 0.2) is 0 Å². The van der Waals surface area contributed by atoms with Crippen LogP contribution in [0.1, 0.15) is 29.0 Å². The van der Waals surface area contributed by atoms with Gasteiger partial charge in [-0.3, -0.25) is 4.79 Å². The molecule has 1 amide bonds. The summed E-state index contributed by atoms with van der Waals surface area (Å²) in [6, 6.07) is 11.2. The normalized spacial score (nSPS) is 25.5. The van der Waals surface area contributed by atoms with E-state index in [-0.39, 0.29) is 24.2 Å². The second-order valence-electron chi connectivity index (χ2n) is 6.47. The highest BCUT2D eigenvalue weighted by Crippen LogP contribution is 2.33. The van der Waals surface area contributed by atoms with Crippen molar-refractivity contribution in [2.75, 3.05) is 13.2 Å². The molecule has 3 heterocycles. The molecule has 2 aromatic rings. The number of ether oxygens (including phenoxy) is 2. The molecule has 0 unspecified atom stereocenters. The summed E-state index contributed by atoms with van der Waals surface area (Å²) in [5.74, 6) is 0.570. The number of hydrogen-bond acceptors (Lipinski definition) is 5. The maximum atomic E-state index is 12.9. The third-order valence-corrected chi connectivity index (χ3v) is 4.81. The van der Waals surface area contributed by atoms with E-state index < -0.39 is 0 Å². The van der Waals surface area contributed by atoms with E-state index in [9.17, 15) is 4.79 Å². The zero-order valence-corrected chi connectivity index (χ0v) is 14.2. The highest BCUT2D eigenvalue weighted by molar-refractivity contribution is 5.92. The molecule has 6 heteroatoms. The van der Waals surface area contributed by atoms with E-state index in [4.69, 9.17) is 9.47 Å². The van der Waals surface area contributed by atoms with Crippen molar-refractivity contribution < 1.29 is 14.3 Å². The van der Waals surface area contributed by atoms with Crippen LogP contribution in [0, 0.1) is 6.92 Å². The molecular weight excluding hydrogens is 318 g/mol. The molecule has 6 nitrogen and oxygen atoms in total. The monoisotopic (exact) mass is 339 g/mol. The lowest BCUT2D eigenvalue weighted by Crippen LogP contribution is -2.54. The predicted octanol–water partition coefficient (Wildman–Crippen LogP) is 2.24. The number of aryl methyl sites for hydroxylation is 1. The molecule has 0 N–H and O–H groups in total. The van der Waals surface area contributed by atoms with E-state index in [2.05, 4.69) is 9.97 Å². The van der Waals surface area contributed by atoms with Crippen LogP contribution in [0.3, 0.4) is 0 Å². The van der Waals surface area contributed by atoms with Crippen LogP contribution in [0.4, 0.5) is 0 Å². The molecule has 1 aliphatic carbocycles. The van der Waals surface area contributed by atoms with Gasteiger partial charge in [0.25, 0.3) is 5.91 Å². The minimum Gasteiger partial charge on any atom is -0.471 e. The summed E-state index contributed by atoms with van der Waals surface area (Å²) in [4.78, 5) is 23.4. The molecule has 2 aromatic heterocycles. The van der Waals surface area contributed by atoms with Gasteiger partial charge in [0.1, 0.15) is 17.9 Å². The average molecular weight is 339 g/mol. The molecule has 1 saturated carbocycles. The largest absolute Gasteiger partial charge is 0.471 e. The SMILES string of the molecule is Cc1cccc(C(=O)N2CCO[C@@H]3[C@@H](Oc4ccccn4)CC[C@H]32)n1. The third kappa shape index (κ3) is 3.22. The summed E-state index contributed by atoms with van der Waals surface area (Å²) in [6.45, 7) is 3.00. The zero-order chi connectivity index (χ0) is 17.2. The van der Waals surface area contributed by atoms with Crippen molar-refractivity contribution in [2.45, 2.75) is 38.0 Å². The Hall–Kier alpha value is -2.47. The van der Waals surface area contributed by atoms with Crippen molar-refractivity contribution in [3.63, 3.8) is 0 Å². The quantitative estimate of drug-likeness (QED) is 0.858. The van der Waals surface area contributed by atoms with Crippen LogP contribution < -0.4 is 4.74 Å². The minimum absolute atomic E-state index is 0.0253. The first-order chi connectivity index (χ1) is 12.2. The van der Waals surface area contributed by atoms with E-state index in [1.54, 1.807) is 12.3 Å². The molecular formula is C19H21N3O3. The molecule has 3 atom stereocenters. The summed E-state index contributed by atoms with van der Waals surface area (Å²) < 4.78 is 12.0. The Balaban J connectivity index is 1.50. The fourth-order valence-corrected chi connectivity index (χ4v) is 3.68. The first-order valence-electron chi connectivity index (χ1n) is 8.66. The van der Waals surface area contributed by atoms with E-state index in [1.807, 2.05) is 42.2 Å². The molecule has 4 rings (SSSR count). The van der Waals surface area contributed by atoms with Gasteiger partial charge < -0.3 is 14.4 Å². The number of aromatic nitrogens is 2. The van der Waals surface area contributed by atoms with Crippen LogP contribution in [0.5, 0.6) is 5.88 Å². The number of fused-ring (bicyclic) bond motifs is 1. The molecule has 1 saturated heterocycles. The number of carbonyl (C=O) groups excluding carboxylic acids is 1. The summed E-state index contributed by atoms with van der Waals surface area (Å²) in [5, 5.41) is 0. The maximum absolute atomic E-state index is 12.9. The first-order valence-corrected chi connectivity index (χ1v) is 8.66. The lowest BCUT2D eigenvalue weighted by molar-refractivity contribution is -0.0794. The van der Waals surface area contributed by atoms with E-state index in [0.29, 0.717) is 24.7 Å². The summed E-state index contributed by atoms with van der Waals surface area (Å²) in [7, 11) is 0. The molecule has 0 radical (unpaired) electrons. The fraction of sp³-hybridized carbons (Fsp3) is 0.421. The van der Waals surface area contributed by atoms with Crippen LogP contribution >= 0.6 is 0 Å². The lowest BCUT2D eigenvalue weighted by atomic mass is 10.1. The molecule has 130 valence electrons. The standard InChI is InChI=1S/C19H21N3O3/c1-13-5-4-6-14(21-13)19(23)22-11-12-24-18-15(22)8-9-16(18)25-17-7-2-3-10-20-17/h2-7,10,15-16,18H,8-9,11-12H2,1H3/t15-,16+,18+/m1/s1. The van der Waals surface area contributed by atoms with Gasteiger partial charge in [0.2, 0.25) is 5.88 Å². The van der Waals surface area contributed by atoms with Crippen LogP contribution in [0.15, 0.2) is 42.6 Å². The highest BCUT2D eigenvalue weighted by atomic mass is 16.5. The van der Waals surface area contributed by atoms with Gasteiger partial charge in [-0.15, -0.1) is 0 Å². The number of rotatable bonds is 3. The molecule has 2 aliphatic rings. The van der Waals surface area contributed by atoms with Crippen molar-refractivity contribution in [3.05, 3.63) is 54.0 Å². The molecule has 0 aromatic carbocycles. The number of pyridine rings is 2. The van der Waals surface area contributed by atoms with Crippen molar-refractivity contribution in [2.24, 2.45) is 0 Å². The van der Waals surface area contributed by atoms with E-state index in [1.165, 1.54) is 0 Å². The van der Waals surface area contributed by atoms with Gasteiger partial charge in [-0.2, -0.15) is 0 Å². The topological polar surface area (TPSA) is 64.6 Å². The maximum Gasteiger partial charge on any atom is 0.272 e. The van der Waals surface area contributed by atoms with Crippen LogP contribution in [0.2, 0.25) is 0 Å². The van der Waals surface area contributed by atoms with Gasteiger partial charge in [0.05, 0.1) is 12.6 Å². The number of morpholine rings is 1. The summed E-state index contributed by atoms with van der Waals surface area (Å²) in [6.07, 6.45) is 3.21. The first kappa shape index (κ1) is 16.0. The van der Waals surface area contributed by atoms with Gasteiger partial charge in [-0.1, -0.05) is 12.1 Å². The van der Waals surface area contributed by atoms with Crippen molar-refractivity contribution in [3.8, 4) is 5.88 Å². The lowest BCUT2D eigenvalue weighted by Gasteiger charge is -2.38. The summed E-state index contributed by atoms with van der Waals surface area (Å²) >= 11 is 0. The molecule has 2 fully saturated rings. The Labute approximate surface area is 146 Å². The predicted molar refractivity (Wildman–Crippen MR) is 91.4 cm³/mol. The van der Waals surface area contributed by atoms with Crippen LogP contribution in [0.25, 0.3) is 0 Å². The van der Waals surface area contributed by atoms with Crippen LogP contribution in [-0.4, -0.2) is 52.2 Å². The molecule has 0 spiro atoms. The number of amides is 1. The second kappa shape index (κ2) is 6.80. The van der Waals surface area contributed by atoms with Crippen LogP contribution in [-0.2, 0) is 4.74 Å². The van der Waals surface area contributed by atoms with Crippen molar-refractivity contribution >= 4 is 5.91 Å². The smallest absolute Gasteiger partial charge is 0.272 e. The van der Waals surface area contributed by atoms with Crippen molar-refractivity contribution in [1.29, 1.82) is 0 Å². The average Bonchev–Trinajstić information content (AvgIpc) is 3.05. The molecule has 0 bridgehead atoms. The van der Waals surface area contributed by atoms with Gasteiger partial charge in [-0.25, -0.2) is 9.97 Å². The summed E-state index contributed by atoms with van der Waals surface area (Å²) in [5.41, 5.74) is 1.34. The Kier molecular flexibility index (Phi) is 4.36. The third-order valence-electron chi connectivity index (χ3n) is 4.81. The Morgan fingerprint density at radius 1 is 1.24 bits per heavy atom. The number of nitrogens with zero attached hydrogens (tertiary/aromatic N) is 3. The molecule has 25 heavy (non-hydrogen) atoms. The number of hydrogen-bond donors (Lipinski definition) is 0. The fourth-order valence-electron chi connectivity index (χ4n) is 3.68.